The highest BCUT2D eigenvalue weighted by Gasteiger charge is 2.22. The Balaban J connectivity index is 2.48. The highest BCUT2D eigenvalue weighted by molar-refractivity contribution is 7.85. The number of hydrogen-bond donors (Lipinski definition) is 1. The maximum atomic E-state index is 11.4. The first-order chi connectivity index (χ1) is 7.00. The van der Waals surface area contributed by atoms with E-state index in [9.17, 15) is 9.32 Å². The summed E-state index contributed by atoms with van der Waals surface area (Å²) in [6.07, 6.45) is 0.719. The van der Waals surface area contributed by atoms with E-state index in [0.29, 0.717) is 12.0 Å². The van der Waals surface area contributed by atoms with Gasteiger partial charge in [0.15, 0.2) is 0 Å². The number of aliphatic hydroxyl groups is 1. The summed E-state index contributed by atoms with van der Waals surface area (Å²) in [7, 11) is -0.648. The van der Waals surface area contributed by atoms with E-state index in [4.69, 9.17) is 0 Å². The van der Waals surface area contributed by atoms with Gasteiger partial charge in [-0.15, -0.1) is 0 Å². The van der Waals surface area contributed by atoms with Crippen LogP contribution in [0.4, 0.5) is 0 Å². The Morgan fingerprint density at radius 2 is 2.13 bits per heavy atom. The van der Waals surface area contributed by atoms with Crippen LogP contribution in [-0.4, -0.2) is 51.0 Å². The fraction of sp³-hybridized carbons (Fsp3) is 1.00. The van der Waals surface area contributed by atoms with Crippen molar-refractivity contribution in [2.45, 2.75) is 39.3 Å². The Kier molecular flexibility index (Phi) is 5.23. The van der Waals surface area contributed by atoms with Crippen molar-refractivity contribution in [3.63, 3.8) is 0 Å². The van der Waals surface area contributed by atoms with E-state index in [1.807, 2.05) is 13.8 Å². The van der Waals surface area contributed by atoms with Crippen LogP contribution in [0.3, 0.4) is 0 Å². The monoisotopic (exact) mass is 233 g/mol. The standard InChI is InChI=1S/C11H23NO2S/c1-9(2)11(13)8-12-5-7-15(14)6-4-10(12)3/h9-11,13H,4-8H2,1-3H3. The SMILES string of the molecule is CC(C)C(O)CN1CCS(=O)CCC1C. The molecule has 0 aliphatic carbocycles. The van der Waals surface area contributed by atoms with Gasteiger partial charge in [-0.05, 0) is 19.3 Å². The Morgan fingerprint density at radius 1 is 1.47 bits per heavy atom. The Labute approximate surface area is 95.3 Å². The number of hydrogen-bond acceptors (Lipinski definition) is 3. The Bertz CT molecular complexity index is 221. The minimum atomic E-state index is -0.648. The molecule has 1 rings (SSSR count). The summed E-state index contributed by atoms with van der Waals surface area (Å²) in [5.41, 5.74) is 0. The molecular formula is C11H23NO2S. The molecule has 1 saturated heterocycles. The first-order valence-corrected chi connectivity index (χ1v) is 7.26. The fourth-order valence-electron chi connectivity index (χ4n) is 1.75. The number of aliphatic hydroxyl groups excluding tert-OH is 1. The molecule has 1 aliphatic rings. The van der Waals surface area contributed by atoms with Gasteiger partial charge in [-0.3, -0.25) is 9.11 Å². The molecule has 3 nitrogen and oxygen atoms in total. The van der Waals surface area contributed by atoms with Crippen molar-refractivity contribution in [1.82, 2.24) is 4.90 Å². The van der Waals surface area contributed by atoms with Crippen molar-refractivity contribution in [1.29, 1.82) is 0 Å². The van der Waals surface area contributed by atoms with Gasteiger partial charge < -0.3 is 5.11 Å². The highest BCUT2D eigenvalue weighted by atomic mass is 32.2. The Hall–Kier alpha value is 0.0700. The molecule has 0 amide bonds. The second kappa shape index (κ2) is 5.97. The molecule has 3 unspecified atom stereocenters. The third-order valence-electron chi connectivity index (χ3n) is 3.18. The number of rotatable bonds is 3. The van der Waals surface area contributed by atoms with E-state index >= 15 is 0 Å². The lowest BCUT2D eigenvalue weighted by Crippen LogP contribution is -2.41. The summed E-state index contributed by atoms with van der Waals surface area (Å²) in [5.74, 6) is 1.87. The lowest BCUT2D eigenvalue weighted by molar-refractivity contribution is 0.0637. The molecular weight excluding hydrogens is 210 g/mol. The molecule has 1 fully saturated rings. The van der Waals surface area contributed by atoms with E-state index in [-0.39, 0.29) is 6.10 Å². The summed E-state index contributed by atoms with van der Waals surface area (Å²) >= 11 is 0. The van der Waals surface area contributed by atoms with E-state index in [1.54, 1.807) is 0 Å². The van der Waals surface area contributed by atoms with Crippen molar-refractivity contribution in [3.8, 4) is 0 Å². The lowest BCUT2D eigenvalue weighted by Gasteiger charge is -2.29. The maximum Gasteiger partial charge on any atom is 0.0690 e. The minimum absolute atomic E-state index is 0.265. The van der Waals surface area contributed by atoms with E-state index in [1.165, 1.54) is 0 Å². The molecule has 0 aromatic heterocycles. The van der Waals surface area contributed by atoms with Gasteiger partial charge in [0.05, 0.1) is 6.10 Å². The summed E-state index contributed by atoms with van der Waals surface area (Å²) in [6, 6.07) is 0.449. The zero-order chi connectivity index (χ0) is 11.4. The smallest absolute Gasteiger partial charge is 0.0690 e. The first-order valence-electron chi connectivity index (χ1n) is 5.77. The Morgan fingerprint density at radius 3 is 2.73 bits per heavy atom. The van der Waals surface area contributed by atoms with Crippen LogP contribution in [0.2, 0.25) is 0 Å². The predicted molar refractivity (Wildman–Crippen MR) is 64.4 cm³/mol. The van der Waals surface area contributed by atoms with Crippen LogP contribution >= 0.6 is 0 Å². The van der Waals surface area contributed by atoms with Gasteiger partial charge in [0.1, 0.15) is 0 Å². The zero-order valence-corrected chi connectivity index (χ0v) is 10.8. The van der Waals surface area contributed by atoms with Gasteiger partial charge in [0.25, 0.3) is 0 Å². The van der Waals surface area contributed by atoms with Crippen molar-refractivity contribution in [2.24, 2.45) is 5.92 Å². The van der Waals surface area contributed by atoms with Gasteiger partial charge in [0, 0.05) is 41.4 Å². The topological polar surface area (TPSA) is 40.5 Å². The fourth-order valence-corrected chi connectivity index (χ4v) is 2.99. The summed E-state index contributed by atoms with van der Waals surface area (Å²) < 4.78 is 11.4. The average Bonchev–Trinajstić information content (AvgIpc) is 2.32. The quantitative estimate of drug-likeness (QED) is 0.785. The molecule has 1 aliphatic heterocycles. The number of nitrogens with zero attached hydrogens (tertiary/aromatic N) is 1. The third kappa shape index (κ3) is 4.21. The molecule has 15 heavy (non-hydrogen) atoms. The highest BCUT2D eigenvalue weighted by Crippen LogP contribution is 2.13. The van der Waals surface area contributed by atoms with E-state index < -0.39 is 10.8 Å². The van der Waals surface area contributed by atoms with Crippen LogP contribution in [-0.2, 0) is 10.8 Å². The number of β-amino-alcohol motifs (C(OH)–C–C–N with tert-alkyl or cyclic N) is 1. The van der Waals surface area contributed by atoms with Crippen LogP contribution in [0.1, 0.15) is 27.2 Å². The molecule has 3 atom stereocenters. The molecule has 1 heterocycles. The van der Waals surface area contributed by atoms with Gasteiger partial charge >= 0.3 is 0 Å². The summed E-state index contributed by atoms with van der Waals surface area (Å²) in [5, 5.41) is 9.84. The zero-order valence-electron chi connectivity index (χ0n) is 9.98. The normalized spacial score (nSPS) is 31.5. The van der Waals surface area contributed by atoms with Crippen LogP contribution in [0.25, 0.3) is 0 Å². The molecule has 4 heteroatoms. The predicted octanol–water partition coefficient (Wildman–Crippen LogP) is 0.846. The average molecular weight is 233 g/mol. The summed E-state index contributed by atoms with van der Waals surface area (Å²) in [4.78, 5) is 2.27. The van der Waals surface area contributed by atoms with Crippen LogP contribution < -0.4 is 0 Å². The lowest BCUT2D eigenvalue weighted by atomic mass is 10.1. The van der Waals surface area contributed by atoms with Gasteiger partial charge in [-0.25, -0.2) is 0 Å². The van der Waals surface area contributed by atoms with Crippen LogP contribution in [0.5, 0.6) is 0 Å². The largest absolute Gasteiger partial charge is 0.392 e. The minimum Gasteiger partial charge on any atom is -0.392 e. The first kappa shape index (κ1) is 13.1. The summed E-state index contributed by atoms with van der Waals surface area (Å²) in [6.45, 7) is 7.81. The molecule has 0 spiro atoms. The third-order valence-corrected chi connectivity index (χ3v) is 4.51. The van der Waals surface area contributed by atoms with Crippen molar-refractivity contribution in [3.05, 3.63) is 0 Å². The van der Waals surface area contributed by atoms with E-state index in [2.05, 4.69) is 11.8 Å². The molecule has 0 aromatic carbocycles. The van der Waals surface area contributed by atoms with E-state index in [0.717, 1.165) is 31.0 Å². The van der Waals surface area contributed by atoms with Crippen molar-refractivity contribution < 1.29 is 9.32 Å². The van der Waals surface area contributed by atoms with Crippen molar-refractivity contribution >= 4 is 10.8 Å². The van der Waals surface area contributed by atoms with Crippen LogP contribution in [0.15, 0.2) is 0 Å². The molecule has 90 valence electrons. The van der Waals surface area contributed by atoms with Gasteiger partial charge in [-0.2, -0.15) is 0 Å². The van der Waals surface area contributed by atoms with Crippen molar-refractivity contribution in [2.75, 3.05) is 24.6 Å². The molecule has 0 saturated carbocycles. The van der Waals surface area contributed by atoms with Gasteiger partial charge in [0.2, 0.25) is 0 Å². The maximum absolute atomic E-state index is 11.4. The second-order valence-electron chi connectivity index (χ2n) is 4.79. The molecule has 0 radical (unpaired) electrons. The molecule has 0 aromatic rings. The van der Waals surface area contributed by atoms with Crippen LogP contribution in [0, 0.1) is 5.92 Å². The molecule has 1 N–H and O–H groups in total. The molecule has 0 bridgehead atoms. The second-order valence-corrected chi connectivity index (χ2v) is 6.49. The van der Waals surface area contributed by atoms with Gasteiger partial charge in [-0.1, -0.05) is 13.8 Å².